The number of carbonyl (C=O) groups is 1. The first-order valence-corrected chi connectivity index (χ1v) is 7.11. The summed E-state index contributed by atoms with van der Waals surface area (Å²) in [6, 6.07) is 0. The van der Waals surface area contributed by atoms with Crippen LogP contribution in [-0.2, 0) is 9.53 Å². The minimum Gasteiger partial charge on any atom is -0.380 e. The van der Waals surface area contributed by atoms with E-state index in [0.29, 0.717) is 12.0 Å². The van der Waals surface area contributed by atoms with Gasteiger partial charge in [0, 0.05) is 19.1 Å². The summed E-state index contributed by atoms with van der Waals surface area (Å²) in [4.78, 5) is 11.7. The minimum absolute atomic E-state index is 0.125. The molecule has 0 aromatic carbocycles. The highest BCUT2D eigenvalue weighted by Gasteiger charge is 2.34. The van der Waals surface area contributed by atoms with E-state index in [1.807, 2.05) is 0 Å². The lowest BCUT2D eigenvalue weighted by Crippen LogP contribution is -2.41. The van der Waals surface area contributed by atoms with E-state index in [4.69, 9.17) is 4.74 Å². The van der Waals surface area contributed by atoms with E-state index in [9.17, 15) is 4.79 Å². The van der Waals surface area contributed by atoms with E-state index in [1.54, 1.807) is 0 Å². The molecule has 1 saturated heterocycles. The van der Waals surface area contributed by atoms with Crippen molar-refractivity contribution in [1.29, 1.82) is 0 Å². The van der Waals surface area contributed by atoms with Crippen LogP contribution in [0.25, 0.3) is 0 Å². The van der Waals surface area contributed by atoms with Gasteiger partial charge in [-0.15, -0.1) is 0 Å². The van der Waals surface area contributed by atoms with Crippen molar-refractivity contribution in [1.82, 2.24) is 5.32 Å². The van der Waals surface area contributed by atoms with Gasteiger partial charge < -0.3 is 10.1 Å². The Morgan fingerprint density at radius 3 is 2.83 bits per heavy atom. The second kappa shape index (κ2) is 6.24. The zero-order chi connectivity index (χ0) is 12.8. The van der Waals surface area contributed by atoms with Crippen LogP contribution in [0.1, 0.15) is 45.4 Å². The summed E-state index contributed by atoms with van der Waals surface area (Å²) in [7, 11) is 0. The lowest BCUT2D eigenvalue weighted by molar-refractivity contribution is -0.116. The van der Waals surface area contributed by atoms with Gasteiger partial charge in [0.1, 0.15) is 0 Å². The van der Waals surface area contributed by atoms with E-state index in [0.717, 1.165) is 32.4 Å². The Morgan fingerprint density at radius 2 is 2.28 bits per heavy atom. The van der Waals surface area contributed by atoms with Crippen molar-refractivity contribution in [2.75, 3.05) is 19.8 Å². The Morgan fingerprint density at radius 1 is 1.44 bits per heavy atom. The standard InChI is InChI=1S/C15H23NO2/c1-2-15(8-4-9-15)12-16-14(17)7-6-13-5-3-10-18-11-13/h13H,2-5,8-12H2,1H3,(H,16,17). The molecule has 1 atom stereocenters. The first-order chi connectivity index (χ1) is 8.74. The summed E-state index contributed by atoms with van der Waals surface area (Å²) < 4.78 is 5.34. The number of nitrogens with one attached hydrogen (secondary N) is 1. The fraction of sp³-hybridized carbons (Fsp3) is 0.800. The van der Waals surface area contributed by atoms with Crippen LogP contribution in [0.5, 0.6) is 0 Å². The Balaban J connectivity index is 1.73. The van der Waals surface area contributed by atoms with Gasteiger partial charge in [-0.1, -0.05) is 19.3 Å². The predicted molar refractivity (Wildman–Crippen MR) is 70.9 cm³/mol. The average molecular weight is 249 g/mol. The molecule has 0 radical (unpaired) electrons. The third-order valence-corrected chi connectivity index (χ3v) is 4.34. The number of rotatable bonds is 3. The molecule has 2 fully saturated rings. The van der Waals surface area contributed by atoms with Crippen molar-refractivity contribution in [3.05, 3.63) is 0 Å². The molecule has 1 unspecified atom stereocenters. The number of carbonyl (C=O) groups excluding carboxylic acids is 1. The molecular weight excluding hydrogens is 226 g/mol. The van der Waals surface area contributed by atoms with E-state index < -0.39 is 0 Å². The maximum absolute atomic E-state index is 11.7. The van der Waals surface area contributed by atoms with Crippen LogP contribution in [0.3, 0.4) is 0 Å². The van der Waals surface area contributed by atoms with Crippen LogP contribution in [0, 0.1) is 23.2 Å². The van der Waals surface area contributed by atoms with Gasteiger partial charge in [-0.05, 0) is 43.4 Å². The van der Waals surface area contributed by atoms with E-state index >= 15 is 0 Å². The molecule has 2 aliphatic rings. The molecule has 1 aliphatic heterocycles. The maximum atomic E-state index is 11.7. The summed E-state index contributed by atoms with van der Waals surface area (Å²) >= 11 is 0. The quantitative estimate of drug-likeness (QED) is 0.778. The van der Waals surface area contributed by atoms with Crippen LogP contribution >= 0.6 is 0 Å². The van der Waals surface area contributed by atoms with Gasteiger partial charge in [0.2, 0.25) is 0 Å². The minimum atomic E-state index is -0.125. The molecule has 0 aromatic rings. The van der Waals surface area contributed by atoms with E-state index in [-0.39, 0.29) is 11.8 Å². The first kappa shape index (κ1) is 13.4. The van der Waals surface area contributed by atoms with Crippen molar-refractivity contribution in [2.24, 2.45) is 11.3 Å². The Labute approximate surface area is 110 Å². The summed E-state index contributed by atoms with van der Waals surface area (Å²) in [6.07, 6.45) is 7.05. The molecule has 2 rings (SSSR count). The van der Waals surface area contributed by atoms with Gasteiger partial charge in [-0.25, -0.2) is 0 Å². The molecule has 100 valence electrons. The van der Waals surface area contributed by atoms with Crippen LogP contribution < -0.4 is 5.32 Å². The molecule has 3 nitrogen and oxygen atoms in total. The second-order valence-electron chi connectivity index (χ2n) is 5.57. The van der Waals surface area contributed by atoms with Crippen molar-refractivity contribution in [3.63, 3.8) is 0 Å². The van der Waals surface area contributed by atoms with Crippen LogP contribution in [-0.4, -0.2) is 25.7 Å². The summed E-state index contributed by atoms with van der Waals surface area (Å²) in [5.74, 6) is 5.86. The molecule has 1 aliphatic carbocycles. The molecule has 0 spiro atoms. The van der Waals surface area contributed by atoms with Crippen LogP contribution in [0.15, 0.2) is 0 Å². The van der Waals surface area contributed by atoms with Gasteiger partial charge in [-0.3, -0.25) is 4.79 Å². The predicted octanol–water partition coefficient (Wildman–Crippen LogP) is 2.11. The van der Waals surface area contributed by atoms with Crippen LogP contribution in [0.2, 0.25) is 0 Å². The number of hydrogen-bond donors (Lipinski definition) is 1. The number of amides is 1. The first-order valence-electron chi connectivity index (χ1n) is 7.11. The highest BCUT2D eigenvalue weighted by molar-refractivity contribution is 5.93. The summed E-state index contributed by atoms with van der Waals surface area (Å²) in [5, 5.41) is 2.96. The molecule has 0 bridgehead atoms. The normalized spacial score (nSPS) is 25.5. The molecule has 1 amide bonds. The molecule has 0 aromatic heterocycles. The zero-order valence-corrected chi connectivity index (χ0v) is 11.3. The molecular formula is C15H23NO2. The smallest absolute Gasteiger partial charge is 0.295 e. The lowest BCUT2D eigenvalue weighted by atomic mass is 9.67. The van der Waals surface area contributed by atoms with Gasteiger partial charge >= 0.3 is 0 Å². The monoisotopic (exact) mass is 249 g/mol. The maximum Gasteiger partial charge on any atom is 0.295 e. The fourth-order valence-corrected chi connectivity index (χ4v) is 2.67. The van der Waals surface area contributed by atoms with Gasteiger partial charge in [0.25, 0.3) is 5.91 Å². The zero-order valence-electron chi connectivity index (χ0n) is 11.3. The molecule has 1 heterocycles. The highest BCUT2D eigenvalue weighted by Crippen LogP contribution is 2.42. The summed E-state index contributed by atoms with van der Waals surface area (Å²) in [6.45, 7) is 4.51. The second-order valence-corrected chi connectivity index (χ2v) is 5.57. The van der Waals surface area contributed by atoms with Crippen LogP contribution in [0.4, 0.5) is 0 Å². The average Bonchev–Trinajstić information content (AvgIpc) is 2.37. The lowest BCUT2D eigenvalue weighted by Gasteiger charge is -2.41. The topological polar surface area (TPSA) is 38.3 Å². The largest absolute Gasteiger partial charge is 0.380 e. The van der Waals surface area contributed by atoms with Crippen molar-refractivity contribution in [2.45, 2.75) is 45.4 Å². The number of hydrogen-bond acceptors (Lipinski definition) is 2. The van der Waals surface area contributed by atoms with Crippen molar-refractivity contribution >= 4 is 5.91 Å². The fourth-order valence-electron chi connectivity index (χ4n) is 2.67. The third kappa shape index (κ3) is 3.49. The molecule has 3 heteroatoms. The summed E-state index contributed by atoms with van der Waals surface area (Å²) in [5.41, 5.74) is 0.366. The van der Waals surface area contributed by atoms with Gasteiger partial charge in [-0.2, -0.15) is 0 Å². The van der Waals surface area contributed by atoms with E-state index in [1.165, 1.54) is 19.3 Å². The van der Waals surface area contributed by atoms with Crippen molar-refractivity contribution < 1.29 is 9.53 Å². The third-order valence-electron chi connectivity index (χ3n) is 4.34. The SMILES string of the molecule is CCC1(CNC(=O)C#CC2CCCOC2)CCC1. The van der Waals surface area contributed by atoms with Crippen molar-refractivity contribution in [3.8, 4) is 11.8 Å². The van der Waals surface area contributed by atoms with Gasteiger partial charge in [0.15, 0.2) is 0 Å². The number of ether oxygens (including phenoxy) is 1. The Bertz CT molecular complexity index is 338. The highest BCUT2D eigenvalue weighted by atomic mass is 16.5. The molecule has 1 saturated carbocycles. The Hall–Kier alpha value is -1.01. The molecule has 1 N–H and O–H groups in total. The Kier molecular flexibility index (Phi) is 4.66. The van der Waals surface area contributed by atoms with E-state index in [2.05, 4.69) is 24.1 Å². The van der Waals surface area contributed by atoms with Gasteiger partial charge in [0.05, 0.1) is 6.61 Å². The molecule has 18 heavy (non-hydrogen) atoms.